The molecule has 0 aliphatic heterocycles. The Kier molecular flexibility index (Phi) is 7.94. The first-order valence-electron chi connectivity index (χ1n) is 10.8. The third-order valence-electron chi connectivity index (χ3n) is 5.63. The van der Waals surface area contributed by atoms with E-state index in [4.69, 9.17) is 9.63 Å². The number of hydrogen-bond acceptors (Lipinski definition) is 5. The van der Waals surface area contributed by atoms with Gasteiger partial charge in [-0.3, -0.25) is 4.79 Å². The van der Waals surface area contributed by atoms with Crippen LogP contribution in [0.5, 0.6) is 0 Å². The van der Waals surface area contributed by atoms with Gasteiger partial charge in [-0.2, -0.15) is 18.2 Å². The van der Waals surface area contributed by atoms with Crippen molar-refractivity contribution >= 4 is 5.97 Å². The summed E-state index contributed by atoms with van der Waals surface area (Å²) in [6.07, 6.45) is -4.57. The minimum Gasteiger partial charge on any atom is -0.480 e. The predicted molar refractivity (Wildman–Crippen MR) is 131 cm³/mol. The van der Waals surface area contributed by atoms with Gasteiger partial charge in [0.2, 0.25) is 5.82 Å². The summed E-state index contributed by atoms with van der Waals surface area (Å²) >= 11 is 0. The van der Waals surface area contributed by atoms with Crippen molar-refractivity contribution in [3.8, 4) is 34.0 Å². The molecule has 3 aromatic carbocycles. The van der Waals surface area contributed by atoms with Crippen LogP contribution in [0.4, 0.5) is 13.2 Å². The number of hydrogen-bond donors (Lipinski definition) is 2. The number of carboxylic acids is 1. The zero-order chi connectivity index (χ0) is 25.2. The van der Waals surface area contributed by atoms with Gasteiger partial charge in [0, 0.05) is 17.7 Å². The van der Waals surface area contributed by atoms with E-state index in [9.17, 15) is 18.0 Å². The molecule has 1 aromatic heterocycles. The molecule has 0 fully saturated rings. The standard InChI is InChI=1S/C26H22F3N3O3.CH4/c1-15-5-3-4-6-20(15)21-12-11-19(13-22(21)26(27,28)29)24-31-23(32-35-24)18-9-7-17(8-10-18)14-30-16(2)25(33)34;/h3-13,16,30H,14H2,1-2H3,(H,33,34);1H4/t16-;/m0./s1. The first kappa shape index (κ1) is 26.6. The Balaban J connectivity index is 0.00000361. The van der Waals surface area contributed by atoms with Gasteiger partial charge in [0.1, 0.15) is 6.04 Å². The highest BCUT2D eigenvalue weighted by molar-refractivity contribution is 5.75. The Hall–Kier alpha value is -3.98. The number of benzene rings is 3. The SMILES string of the molecule is C.Cc1ccccc1-c1ccc(-c2nc(-c3ccc(CN[C@@H](C)C(=O)O)cc3)no2)cc1C(F)(F)F. The third kappa shape index (κ3) is 5.80. The number of aromatic nitrogens is 2. The summed E-state index contributed by atoms with van der Waals surface area (Å²) in [7, 11) is 0. The molecule has 0 saturated carbocycles. The average molecular weight is 498 g/mol. The molecule has 188 valence electrons. The number of rotatable bonds is 7. The molecule has 0 bridgehead atoms. The van der Waals surface area contributed by atoms with E-state index in [2.05, 4.69) is 15.5 Å². The van der Waals surface area contributed by atoms with Crippen molar-refractivity contribution in [2.45, 2.75) is 40.0 Å². The van der Waals surface area contributed by atoms with Crippen molar-refractivity contribution in [3.63, 3.8) is 0 Å². The zero-order valence-electron chi connectivity index (χ0n) is 18.9. The molecule has 0 aliphatic carbocycles. The molecular formula is C27H26F3N3O3. The molecule has 4 aromatic rings. The van der Waals surface area contributed by atoms with Crippen LogP contribution in [0.15, 0.2) is 71.3 Å². The number of alkyl halides is 3. The van der Waals surface area contributed by atoms with Gasteiger partial charge in [-0.25, -0.2) is 0 Å². The molecule has 0 spiro atoms. The van der Waals surface area contributed by atoms with Crippen LogP contribution in [-0.4, -0.2) is 27.3 Å². The van der Waals surface area contributed by atoms with E-state index in [0.717, 1.165) is 17.2 Å². The fourth-order valence-corrected chi connectivity index (χ4v) is 3.61. The number of carbonyl (C=O) groups is 1. The van der Waals surface area contributed by atoms with E-state index in [1.54, 1.807) is 62.4 Å². The lowest BCUT2D eigenvalue weighted by Crippen LogP contribution is -2.33. The molecule has 0 aliphatic rings. The van der Waals surface area contributed by atoms with Gasteiger partial charge in [0.05, 0.1) is 5.56 Å². The van der Waals surface area contributed by atoms with E-state index < -0.39 is 23.8 Å². The summed E-state index contributed by atoms with van der Waals surface area (Å²) in [6, 6.07) is 17.2. The topological polar surface area (TPSA) is 88.2 Å². The van der Waals surface area contributed by atoms with Crippen LogP contribution in [-0.2, 0) is 17.5 Å². The molecule has 0 amide bonds. The van der Waals surface area contributed by atoms with Crippen molar-refractivity contribution in [1.82, 2.24) is 15.5 Å². The molecule has 0 radical (unpaired) electrons. The van der Waals surface area contributed by atoms with Gasteiger partial charge >= 0.3 is 12.1 Å². The maximum atomic E-state index is 13.9. The van der Waals surface area contributed by atoms with Crippen LogP contribution in [0.2, 0.25) is 0 Å². The van der Waals surface area contributed by atoms with E-state index in [0.29, 0.717) is 17.7 Å². The van der Waals surface area contributed by atoms with Crippen molar-refractivity contribution < 1.29 is 27.6 Å². The molecule has 0 unspecified atom stereocenters. The second-order valence-electron chi connectivity index (χ2n) is 8.13. The molecule has 9 heteroatoms. The van der Waals surface area contributed by atoms with Crippen molar-refractivity contribution in [2.75, 3.05) is 0 Å². The van der Waals surface area contributed by atoms with Gasteiger partial charge in [-0.15, -0.1) is 0 Å². The number of halogens is 3. The van der Waals surface area contributed by atoms with Crippen LogP contribution in [0.1, 0.15) is 31.0 Å². The number of aliphatic carboxylic acids is 1. The molecule has 2 N–H and O–H groups in total. The van der Waals surface area contributed by atoms with Crippen molar-refractivity contribution in [1.29, 1.82) is 0 Å². The first-order chi connectivity index (χ1) is 16.6. The van der Waals surface area contributed by atoms with E-state index >= 15 is 0 Å². The Morgan fingerprint density at radius 1 is 1.03 bits per heavy atom. The lowest BCUT2D eigenvalue weighted by atomic mass is 9.94. The summed E-state index contributed by atoms with van der Waals surface area (Å²) in [6.45, 7) is 3.68. The van der Waals surface area contributed by atoms with Crippen LogP contribution < -0.4 is 5.32 Å². The summed E-state index contributed by atoms with van der Waals surface area (Å²) in [5, 5.41) is 15.7. The number of aryl methyl sites for hydroxylation is 1. The van der Waals surface area contributed by atoms with Gasteiger partial charge in [0.15, 0.2) is 0 Å². The maximum absolute atomic E-state index is 13.9. The van der Waals surface area contributed by atoms with E-state index in [-0.39, 0.29) is 30.3 Å². The van der Waals surface area contributed by atoms with Crippen molar-refractivity contribution in [3.05, 3.63) is 83.4 Å². The number of nitrogens with one attached hydrogen (secondary N) is 1. The monoisotopic (exact) mass is 497 g/mol. The zero-order valence-corrected chi connectivity index (χ0v) is 18.9. The Labute approximate surface area is 206 Å². The molecule has 6 nitrogen and oxygen atoms in total. The van der Waals surface area contributed by atoms with Gasteiger partial charge in [-0.05, 0) is 48.2 Å². The average Bonchev–Trinajstić information content (AvgIpc) is 3.32. The van der Waals surface area contributed by atoms with Crippen LogP contribution in [0.25, 0.3) is 34.0 Å². The second kappa shape index (κ2) is 10.7. The number of nitrogens with zero attached hydrogens (tertiary/aromatic N) is 2. The molecule has 1 heterocycles. The minimum absolute atomic E-state index is 0. The summed E-state index contributed by atoms with van der Waals surface area (Å²) in [4.78, 5) is 15.2. The highest BCUT2D eigenvalue weighted by Crippen LogP contribution is 2.40. The molecule has 0 saturated heterocycles. The molecular weight excluding hydrogens is 471 g/mol. The summed E-state index contributed by atoms with van der Waals surface area (Å²) in [5.74, 6) is -0.737. The first-order valence-corrected chi connectivity index (χ1v) is 10.8. The fourth-order valence-electron chi connectivity index (χ4n) is 3.61. The maximum Gasteiger partial charge on any atom is 0.417 e. The van der Waals surface area contributed by atoms with Crippen LogP contribution >= 0.6 is 0 Å². The van der Waals surface area contributed by atoms with Crippen LogP contribution in [0.3, 0.4) is 0 Å². The minimum atomic E-state index is -4.57. The van der Waals surface area contributed by atoms with E-state index in [1.807, 2.05) is 0 Å². The smallest absolute Gasteiger partial charge is 0.417 e. The quantitative estimate of drug-likeness (QED) is 0.299. The summed E-state index contributed by atoms with van der Waals surface area (Å²) < 4.78 is 47.0. The largest absolute Gasteiger partial charge is 0.480 e. The van der Waals surface area contributed by atoms with Crippen LogP contribution in [0, 0.1) is 6.92 Å². The Morgan fingerprint density at radius 3 is 2.33 bits per heavy atom. The second-order valence-corrected chi connectivity index (χ2v) is 8.13. The fraction of sp³-hybridized carbons (Fsp3) is 0.222. The number of carboxylic acid groups (broad SMARTS) is 1. The molecule has 1 atom stereocenters. The highest BCUT2D eigenvalue weighted by Gasteiger charge is 2.34. The predicted octanol–water partition coefficient (Wildman–Crippen LogP) is 6.60. The van der Waals surface area contributed by atoms with Gasteiger partial charge < -0.3 is 14.9 Å². The lowest BCUT2D eigenvalue weighted by Gasteiger charge is -2.15. The molecule has 36 heavy (non-hydrogen) atoms. The van der Waals surface area contributed by atoms with Gasteiger partial charge in [0.25, 0.3) is 5.89 Å². The summed E-state index contributed by atoms with van der Waals surface area (Å²) in [5.41, 5.74) is 2.18. The third-order valence-corrected chi connectivity index (χ3v) is 5.63. The van der Waals surface area contributed by atoms with Crippen molar-refractivity contribution in [2.24, 2.45) is 0 Å². The lowest BCUT2D eigenvalue weighted by molar-refractivity contribution is -0.139. The van der Waals surface area contributed by atoms with Gasteiger partial charge in [-0.1, -0.05) is 67.2 Å². The Morgan fingerprint density at radius 2 is 1.69 bits per heavy atom. The Bertz CT molecular complexity index is 1350. The molecule has 4 rings (SSSR count). The highest BCUT2D eigenvalue weighted by atomic mass is 19.4. The normalized spacial score (nSPS) is 12.1. The van der Waals surface area contributed by atoms with E-state index in [1.165, 1.54) is 12.1 Å².